The van der Waals surface area contributed by atoms with E-state index in [2.05, 4.69) is 4.74 Å². The monoisotopic (exact) mass is 236 g/mol. The Bertz CT molecular complexity index is 482. The summed E-state index contributed by atoms with van der Waals surface area (Å²) in [5.41, 5.74) is 1.67. The van der Waals surface area contributed by atoms with Gasteiger partial charge in [0.1, 0.15) is 0 Å². The van der Waals surface area contributed by atoms with Crippen molar-refractivity contribution < 1.29 is 14.3 Å². The van der Waals surface area contributed by atoms with Gasteiger partial charge >= 0.3 is 5.97 Å². The molecule has 0 aromatic carbocycles. The van der Waals surface area contributed by atoms with Crippen LogP contribution in [0.3, 0.4) is 0 Å². The van der Waals surface area contributed by atoms with E-state index in [9.17, 15) is 9.59 Å². The van der Waals surface area contributed by atoms with E-state index in [1.54, 1.807) is 6.92 Å². The molecule has 1 aromatic rings. The topological polar surface area (TPSA) is 43.4 Å². The molecule has 0 N–H and O–H groups in total. The van der Waals surface area contributed by atoms with Gasteiger partial charge in [-0.25, -0.2) is 4.79 Å². The first kappa shape index (κ1) is 11.1. The fourth-order valence-electron chi connectivity index (χ4n) is 1.73. The Kier molecular flexibility index (Phi) is 2.92. The van der Waals surface area contributed by atoms with Gasteiger partial charge in [-0.05, 0) is 37.5 Å². The molecule has 4 heteroatoms. The molecule has 2 rings (SSSR count). The summed E-state index contributed by atoms with van der Waals surface area (Å²) in [6, 6.07) is 1.85. The maximum absolute atomic E-state index is 11.4. The average molecular weight is 236 g/mol. The summed E-state index contributed by atoms with van der Waals surface area (Å²) in [6.07, 6.45) is 3.33. The van der Waals surface area contributed by atoms with Crippen LogP contribution in [-0.2, 0) is 16.0 Å². The number of Topliss-reactive ketones (excluding diaryl/α,β-unsaturated/α-hetero) is 1. The van der Waals surface area contributed by atoms with Gasteiger partial charge < -0.3 is 4.74 Å². The van der Waals surface area contributed by atoms with Crippen LogP contribution in [0.5, 0.6) is 0 Å². The Hall–Kier alpha value is -1.42. The number of hydrogen-bond donors (Lipinski definition) is 0. The van der Waals surface area contributed by atoms with Crippen LogP contribution in [0.25, 0.3) is 6.08 Å². The molecule has 0 radical (unpaired) electrons. The first-order valence-corrected chi connectivity index (χ1v) is 5.86. The molecule has 0 fully saturated rings. The third-order valence-electron chi connectivity index (χ3n) is 2.59. The zero-order valence-corrected chi connectivity index (χ0v) is 10.0. The van der Waals surface area contributed by atoms with Gasteiger partial charge in [0.15, 0.2) is 5.78 Å². The first-order chi connectivity index (χ1) is 7.61. The lowest BCUT2D eigenvalue weighted by atomic mass is 9.99. The molecule has 1 aromatic heterocycles. The van der Waals surface area contributed by atoms with E-state index in [1.807, 2.05) is 12.1 Å². The van der Waals surface area contributed by atoms with Gasteiger partial charge in [0.05, 0.1) is 12.0 Å². The van der Waals surface area contributed by atoms with Crippen LogP contribution in [0.4, 0.5) is 0 Å². The van der Waals surface area contributed by atoms with E-state index in [0.717, 1.165) is 16.9 Å². The summed E-state index contributed by atoms with van der Waals surface area (Å²) in [5, 5.41) is 0. The van der Waals surface area contributed by atoms with Crippen molar-refractivity contribution in [3.8, 4) is 0 Å². The smallest absolute Gasteiger partial charge is 0.333 e. The van der Waals surface area contributed by atoms with Crippen molar-refractivity contribution in [2.24, 2.45) is 0 Å². The first-order valence-electron chi connectivity index (χ1n) is 5.04. The minimum Gasteiger partial charge on any atom is -0.466 e. The molecule has 1 aliphatic carbocycles. The number of hydrogen-bond acceptors (Lipinski definition) is 4. The van der Waals surface area contributed by atoms with E-state index in [0.29, 0.717) is 12.0 Å². The van der Waals surface area contributed by atoms with Crippen molar-refractivity contribution in [3.05, 3.63) is 27.0 Å². The largest absolute Gasteiger partial charge is 0.466 e. The second-order valence-electron chi connectivity index (χ2n) is 3.71. The van der Waals surface area contributed by atoms with Crippen molar-refractivity contribution in [2.75, 3.05) is 7.11 Å². The highest BCUT2D eigenvalue weighted by atomic mass is 32.1. The fraction of sp³-hybridized carbons (Fsp3) is 0.333. The summed E-state index contributed by atoms with van der Waals surface area (Å²) < 4.78 is 4.69. The second kappa shape index (κ2) is 4.22. The molecule has 3 nitrogen and oxygen atoms in total. The number of carbonyl (C=O) groups excluding carboxylic acids is 2. The van der Waals surface area contributed by atoms with Gasteiger partial charge in [0, 0.05) is 10.5 Å². The summed E-state index contributed by atoms with van der Waals surface area (Å²) >= 11 is 1.52. The van der Waals surface area contributed by atoms with Gasteiger partial charge in [-0.1, -0.05) is 0 Å². The highest BCUT2D eigenvalue weighted by Gasteiger charge is 2.19. The molecule has 0 atom stereocenters. The van der Waals surface area contributed by atoms with Crippen molar-refractivity contribution in [1.82, 2.24) is 0 Å². The molecule has 0 aliphatic heterocycles. The lowest BCUT2D eigenvalue weighted by Crippen LogP contribution is -2.08. The van der Waals surface area contributed by atoms with Crippen LogP contribution in [0.2, 0.25) is 0 Å². The minimum absolute atomic E-state index is 0.0763. The number of esters is 1. The molecule has 84 valence electrons. The van der Waals surface area contributed by atoms with Crippen LogP contribution in [-0.4, -0.2) is 18.9 Å². The standard InChI is InChI=1S/C12H12O3S/c1-7(13)11-6-9-5-8(12(14)15-2)3-4-10(9)16-11/h5-6H,3-4H2,1-2H3. The number of thiophene rings is 1. The number of aryl methyl sites for hydroxylation is 1. The highest BCUT2D eigenvalue weighted by molar-refractivity contribution is 7.14. The summed E-state index contributed by atoms with van der Waals surface area (Å²) in [4.78, 5) is 24.5. The van der Waals surface area contributed by atoms with Crippen LogP contribution < -0.4 is 0 Å². The van der Waals surface area contributed by atoms with Gasteiger partial charge in [-0.15, -0.1) is 11.3 Å². The van der Waals surface area contributed by atoms with Gasteiger partial charge in [-0.2, -0.15) is 0 Å². The Labute approximate surface area is 97.7 Å². The Morgan fingerprint density at radius 3 is 2.75 bits per heavy atom. The van der Waals surface area contributed by atoms with E-state index < -0.39 is 0 Å². The number of ether oxygens (including phenoxy) is 1. The lowest BCUT2D eigenvalue weighted by molar-refractivity contribution is -0.136. The molecule has 0 spiro atoms. The molecule has 0 unspecified atom stereocenters. The molecule has 0 saturated heterocycles. The third kappa shape index (κ3) is 1.93. The molecule has 1 heterocycles. The quantitative estimate of drug-likeness (QED) is 0.585. The number of ketones is 1. The highest BCUT2D eigenvalue weighted by Crippen LogP contribution is 2.31. The predicted octanol–water partition coefficient (Wildman–Crippen LogP) is 2.45. The average Bonchev–Trinajstić information content (AvgIpc) is 2.70. The predicted molar refractivity (Wildman–Crippen MR) is 62.6 cm³/mol. The molecular formula is C12H12O3S. The van der Waals surface area contributed by atoms with Crippen molar-refractivity contribution in [1.29, 1.82) is 0 Å². The van der Waals surface area contributed by atoms with Crippen molar-refractivity contribution >= 4 is 29.2 Å². The zero-order chi connectivity index (χ0) is 11.7. The molecule has 0 saturated carbocycles. The van der Waals surface area contributed by atoms with Crippen LogP contribution >= 0.6 is 11.3 Å². The van der Waals surface area contributed by atoms with Gasteiger partial charge in [-0.3, -0.25) is 4.79 Å². The summed E-state index contributed by atoms with van der Waals surface area (Å²) in [5.74, 6) is -0.200. The molecule has 1 aliphatic rings. The zero-order valence-electron chi connectivity index (χ0n) is 9.20. The molecule has 0 bridgehead atoms. The SMILES string of the molecule is COC(=O)C1=Cc2cc(C(C)=O)sc2CC1. The minimum atomic E-state index is -0.277. The van der Waals surface area contributed by atoms with E-state index in [-0.39, 0.29) is 11.8 Å². The summed E-state index contributed by atoms with van der Waals surface area (Å²) in [7, 11) is 1.38. The van der Waals surface area contributed by atoms with Gasteiger partial charge in [0.2, 0.25) is 0 Å². The third-order valence-corrected chi connectivity index (χ3v) is 3.90. The summed E-state index contributed by atoms with van der Waals surface area (Å²) in [6.45, 7) is 1.56. The maximum atomic E-state index is 11.4. The number of carbonyl (C=O) groups is 2. The van der Waals surface area contributed by atoms with Crippen LogP contribution in [0, 0.1) is 0 Å². The Morgan fingerprint density at radius 1 is 1.38 bits per heavy atom. The van der Waals surface area contributed by atoms with Gasteiger partial charge in [0.25, 0.3) is 0 Å². The Morgan fingerprint density at radius 2 is 2.12 bits per heavy atom. The van der Waals surface area contributed by atoms with Crippen LogP contribution in [0.15, 0.2) is 11.6 Å². The van der Waals surface area contributed by atoms with E-state index >= 15 is 0 Å². The maximum Gasteiger partial charge on any atom is 0.333 e. The molecule has 16 heavy (non-hydrogen) atoms. The van der Waals surface area contributed by atoms with E-state index in [4.69, 9.17) is 0 Å². The van der Waals surface area contributed by atoms with E-state index in [1.165, 1.54) is 23.3 Å². The van der Waals surface area contributed by atoms with Crippen molar-refractivity contribution in [3.63, 3.8) is 0 Å². The molecule has 0 amide bonds. The second-order valence-corrected chi connectivity index (χ2v) is 4.84. The van der Waals surface area contributed by atoms with Crippen molar-refractivity contribution in [2.45, 2.75) is 19.8 Å². The van der Waals surface area contributed by atoms with Crippen LogP contribution in [0.1, 0.15) is 33.5 Å². The Balaban J connectivity index is 2.36. The number of methoxy groups -OCH3 is 1. The molecular weight excluding hydrogens is 224 g/mol. The lowest BCUT2D eigenvalue weighted by Gasteiger charge is -2.10. The fourth-order valence-corrected chi connectivity index (χ4v) is 2.77. The number of fused-ring (bicyclic) bond motifs is 1. The normalized spacial score (nSPS) is 14.0. The number of rotatable bonds is 2.